The van der Waals surface area contributed by atoms with Crippen molar-refractivity contribution in [3.05, 3.63) is 64.2 Å². The highest BCUT2D eigenvalue weighted by molar-refractivity contribution is 7.92. The van der Waals surface area contributed by atoms with E-state index in [2.05, 4.69) is 5.32 Å². The first-order valence-electron chi connectivity index (χ1n) is 7.91. The van der Waals surface area contributed by atoms with Gasteiger partial charge in [0.1, 0.15) is 0 Å². The van der Waals surface area contributed by atoms with E-state index in [9.17, 15) is 22.0 Å². The minimum absolute atomic E-state index is 0.168. The molecule has 2 aromatic rings. The summed E-state index contributed by atoms with van der Waals surface area (Å²) in [5.74, 6) is -0.398. The molecule has 8 heteroatoms. The third-order valence-electron chi connectivity index (χ3n) is 4.39. The minimum Gasteiger partial charge on any atom is -0.345 e. The number of carbonyl (C=O) groups is 1. The van der Waals surface area contributed by atoms with E-state index < -0.39 is 25.9 Å². The average Bonchev–Trinajstić information content (AvgIpc) is 2.95. The lowest BCUT2D eigenvalue weighted by Gasteiger charge is -2.15. The quantitative estimate of drug-likeness (QED) is 0.840. The maximum absolute atomic E-state index is 13.2. The highest BCUT2D eigenvalue weighted by Crippen LogP contribution is 2.33. The van der Waals surface area contributed by atoms with Crippen LogP contribution in [0.2, 0.25) is 5.02 Å². The van der Waals surface area contributed by atoms with Gasteiger partial charge in [-0.05, 0) is 60.4 Å². The molecule has 0 aromatic heterocycles. The zero-order valence-corrected chi connectivity index (χ0v) is 15.4. The van der Waals surface area contributed by atoms with Gasteiger partial charge in [0.25, 0.3) is 5.91 Å². The van der Waals surface area contributed by atoms with E-state index in [-0.39, 0.29) is 11.6 Å². The number of aryl methyl sites for hydroxylation is 1. The number of hydrogen-bond donors (Lipinski definition) is 1. The van der Waals surface area contributed by atoms with Crippen LogP contribution in [0.15, 0.2) is 47.4 Å². The fourth-order valence-electron chi connectivity index (χ4n) is 2.97. The van der Waals surface area contributed by atoms with Gasteiger partial charge in [0.2, 0.25) is 9.84 Å². The molecule has 1 aliphatic rings. The smallest absolute Gasteiger partial charge is 0.345 e. The Hall–Kier alpha value is -1.99. The van der Waals surface area contributed by atoms with Gasteiger partial charge in [0.15, 0.2) is 0 Å². The second kappa shape index (κ2) is 6.63. The topological polar surface area (TPSA) is 63.2 Å². The van der Waals surface area contributed by atoms with Crippen LogP contribution in [0.4, 0.5) is 8.78 Å². The number of benzene rings is 2. The molecule has 1 atom stereocenters. The summed E-state index contributed by atoms with van der Waals surface area (Å²) in [7, 11) is -4.76. The first-order chi connectivity index (χ1) is 12.1. The molecule has 26 heavy (non-hydrogen) atoms. The van der Waals surface area contributed by atoms with Crippen molar-refractivity contribution >= 4 is 27.3 Å². The molecule has 0 saturated carbocycles. The summed E-state index contributed by atoms with van der Waals surface area (Å²) in [5, 5.41) is -0.365. The molecule has 3 rings (SSSR count). The SMILES string of the molecule is CC(F)(F)S(=O)(=O)c1ccc(C(=O)N[C@@H]2CCc3cc(Cl)ccc32)cc1. The van der Waals surface area contributed by atoms with Crippen LogP contribution in [0.25, 0.3) is 0 Å². The van der Waals surface area contributed by atoms with Gasteiger partial charge in [-0.15, -0.1) is 0 Å². The monoisotopic (exact) mass is 399 g/mol. The van der Waals surface area contributed by atoms with Crippen LogP contribution in [0.5, 0.6) is 0 Å². The molecule has 1 aliphatic carbocycles. The third-order valence-corrected chi connectivity index (χ3v) is 6.46. The van der Waals surface area contributed by atoms with Crippen LogP contribution < -0.4 is 5.32 Å². The van der Waals surface area contributed by atoms with E-state index in [4.69, 9.17) is 11.6 Å². The molecule has 0 fully saturated rings. The second-order valence-electron chi connectivity index (χ2n) is 6.24. The number of halogens is 3. The number of fused-ring (bicyclic) bond motifs is 1. The standard InChI is InChI=1S/C18H16ClF2NO3S/c1-18(20,21)26(24,25)14-6-2-11(3-7-14)17(23)22-16-9-4-12-10-13(19)5-8-15(12)16/h2-3,5-8,10,16H,4,9H2,1H3,(H,22,23)/t16-/m1/s1. The van der Waals surface area contributed by atoms with E-state index in [1.807, 2.05) is 12.1 Å². The van der Waals surface area contributed by atoms with Gasteiger partial charge < -0.3 is 5.32 Å². The maximum Gasteiger partial charge on any atom is 0.347 e. The molecule has 1 amide bonds. The van der Waals surface area contributed by atoms with Crippen molar-refractivity contribution in [3.8, 4) is 0 Å². The number of alkyl halides is 2. The Kier molecular flexibility index (Phi) is 4.79. The Morgan fingerprint density at radius 3 is 2.46 bits per heavy atom. The van der Waals surface area contributed by atoms with Crippen molar-refractivity contribution in [1.29, 1.82) is 0 Å². The zero-order chi connectivity index (χ0) is 19.1. The number of nitrogens with one attached hydrogen (secondary N) is 1. The number of amides is 1. The molecule has 0 bridgehead atoms. The lowest BCUT2D eigenvalue weighted by molar-refractivity contribution is 0.0936. The molecule has 0 heterocycles. The Bertz CT molecular complexity index is 953. The number of hydrogen-bond acceptors (Lipinski definition) is 3. The second-order valence-corrected chi connectivity index (χ2v) is 8.88. The van der Waals surface area contributed by atoms with Gasteiger partial charge in [0.05, 0.1) is 10.9 Å². The Labute approximate surface area is 155 Å². The number of sulfone groups is 1. The third kappa shape index (κ3) is 3.46. The van der Waals surface area contributed by atoms with Crippen LogP contribution in [0.1, 0.15) is 40.9 Å². The molecule has 1 N–H and O–H groups in total. The number of carbonyl (C=O) groups excluding carboxylic acids is 1. The van der Waals surface area contributed by atoms with Crippen LogP contribution in [0, 0.1) is 0 Å². The highest BCUT2D eigenvalue weighted by Gasteiger charge is 2.40. The first-order valence-corrected chi connectivity index (χ1v) is 9.77. The van der Waals surface area contributed by atoms with Gasteiger partial charge in [-0.1, -0.05) is 17.7 Å². The van der Waals surface area contributed by atoms with Crippen molar-refractivity contribution in [2.75, 3.05) is 0 Å². The highest BCUT2D eigenvalue weighted by atomic mass is 35.5. The lowest BCUT2D eigenvalue weighted by Crippen LogP contribution is -2.27. The van der Waals surface area contributed by atoms with Gasteiger partial charge >= 0.3 is 5.25 Å². The molecule has 4 nitrogen and oxygen atoms in total. The predicted octanol–water partition coefficient (Wildman–Crippen LogP) is 4.14. The fourth-order valence-corrected chi connectivity index (χ4v) is 4.07. The van der Waals surface area contributed by atoms with Crippen molar-refractivity contribution in [2.45, 2.75) is 36.0 Å². The largest absolute Gasteiger partial charge is 0.347 e. The molecule has 0 spiro atoms. The van der Waals surface area contributed by atoms with Crippen LogP contribution >= 0.6 is 11.6 Å². The fraction of sp³-hybridized carbons (Fsp3) is 0.278. The summed E-state index contributed by atoms with van der Waals surface area (Å²) < 4.78 is 49.8. The molecule has 0 saturated heterocycles. The van der Waals surface area contributed by atoms with E-state index in [1.165, 1.54) is 12.1 Å². The summed E-state index contributed by atoms with van der Waals surface area (Å²) in [4.78, 5) is 11.9. The van der Waals surface area contributed by atoms with Crippen molar-refractivity contribution < 1.29 is 22.0 Å². The normalized spacial score (nSPS) is 17.0. The van der Waals surface area contributed by atoms with E-state index in [0.29, 0.717) is 11.9 Å². The number of rotatable bonds is 4. The molecular formula is C18H16ClF2NO3S. The molecule has 0 unspecified atom stereocenters. The van der Waals surface area contributed by atoms with Gasteiger partial charge in [-0.3, -0.25) is 4.79 Å². The minimum atomic E-state index is -4.76. The van der Waals surface area contributed by atoms with Gasteiger partial charge in [0, 0.05) is 17.5 Å². The van der Waals surface area contributed by atoms with E-state index in [0.717, 1.165) is 36.1 Å². The lowest BCUT2D eigenvalue weighted by atomic mass is 10.1. The van der Waals surface area contributed by atoms with E-state index >= 15 is 0 Å². The van der Waals surface area contributed by atoms with Gasteiger partial charge in [-0.25, -0.2) is 8.42 Å². The van der Waals surface area contributed by atoms with Gasteiger partial charge in [-0.2, -0.15) is 8.78 Å². The Balaban J connectivity index is 1.76. The average molecular weight is 400 g/mol. The molecular weight excluding hydrogens is 384 g/mol. The van der Waals surface area contributed by atoms with Crippen molar-refractivity contribution in [2.24, 2.45) is 0 Å². The van der Waals surface area contributed by atoms with Crippen molar-refractivity contribution in [3.63, 3.8) is 0 Å². The summed E-state index contributed by atoms with van der Waals surface area (Å²) >= 11 is 5.97. The zero-order valence-electron chi connectivity index (χ0n) is 13.8. The van der Waals surface area contributed by atoms with Crippen LogP contribution in [0.3, 0.4) is 0 Å². The molecule has 0 radical (unpaired) electrons. The van der Waals surface area contributed by atoms with E-state index in [1.54, 1.807) is 6.07 Å². The maximum atomic E-state index is 13.2. The first kappa shape index (κ1) is 18.8. The summed E-state index contributed by atoms with van der Waals surface area (Å²) in [6.45, 7) is 0.326. The predicted molar refractivity (Wildman–Crippen MR) is 94.2 cm³/mol. The molecule has 138 valence electrons. The Morgan fingerprint density at radius 2 is 1.85 bits per heavy atom. The summed E-state index contributed by atoms with van der Waals surface area (Å²) in [5.41, 5.74) is 2.27. The summed E-state index contributed by atoms with van der Waals surface area (Å²) in [6.07, 6.45) is 1.53. The molecule has 2 aromatic carbocycles. The van der Waals surface area contributed by atoms with Crippen LogP contribution in [-0.4, -0.2) is 19.6 Å². The Morgan fingerprint density at radius 1 is 1.19 bits per heavy atom. The van der Waals surface area contributed by atoms with Crippen LogP contribution in [-0.2, 0) is 16.3 Å². The molecule has 0 aliphatic heterocycles. The van der Waals surface area contributed by atoms with Crippen molar-refractivity contribution in [1.82, 2.24) is 5.32 Å². The summed E-state index contributed by atoms with van der Waals surface area (Å²) in [6, 6.07) is 9.82.